The van der Waals surface area contributed by atoms with E-state index in [1.807, 2.05) is 0 Å². The van der Waals surface area contributed by atoms with Gasteiger partial charge < -0.3 is 5.11 Å². The average molecular weight is 307 g/mol. The molecule has 1 aliphatic rings. The first-order valence-corrected chi connectivity index (χ1v) is 8.55. The summed E-state index contributed by atoms with van der Waals surface area (Å²) < 4.78 is 0. The van der Waals surface area contributed by atoms with E-state index in [2.05, 4.69) is 39.9 Å². The lowest BCUT2D eigenvalue weighted by atomic mass is 9.96. The predicted octanol–water partition coefficient (Wildman–Crippen LogP) is 3.70. The van der Waals surface area contributed by atoms with Crippen molar-refractivity contribution in [3.63, 3.8) is 0 Å². The summed E-state index contributed by atoms with van der Waals surface area (Å²) in [7, 11) is 0. The number of aliphatic carboxylic acids is 1. The van der Waals surface area contributed by atoms with Crippen molar-refractivity contribution in [2.24, 2.45) is 5.92 Å². The summed E-state index contributed by atoms with van der Waals surface area (Å²) in [5.41, 5.74) is 0. The van der Waals surface area contributed by atoms with Crippen LogP contribution in [0.4, 0.5) is 0 Å². The minimum absolute atomic E-state index is 0.220. The first kappa shape index (κ1) is 13.8. The van der Waals surface area contributed by atoms with Crippen LogP contribution < -0.4 is 0 Å². The lowest BCUT2D eigenvalue weighted by molar-refractivity contribution is -0.143. The molecule has 3 nitrogen and oxygen atoms in total. The van der Waals surface area contributed by atoms with Crippen LogP contribution in [0.1, 0.15) is 28.6 Å². The molecule has 3 heterocycles. The SMILES string of the molecule is O=C(O)C1CCCN(C(c2cccs2)c2cccs2)C1. The van der Waals surface area contributed by atoms with Gasteiger partial charge in [0.15, 0.2) is 0 Å². The van der Waals surface area contributed by atoms with E-state index in [4.69, 9.17) is 0 Å². The van der Waals surface area contributed by atoms with Gasteiger partial charge in [0, 0.05) is 16.3 Å². The Morgan fingerprint density at radius 3 is 2.40 bits per heavy atom. The molecule has 0 saturated carbocycles. The van der Waals surface area contributed by atoms with Gasteiger partial charge in [0.1, 0.15) is 0 Å². The van der Waals surface area contributed by atoms with Gasteiger partial charge in [-0.3, -0.25) is 9.69 Å². The maximum atomic E-state index is 11.3. The number of thiophene rings is 2. The maximum absolute atomic E-state index is 11.3. The molecule has 0 radical (unpaired) electrons. The molecule has 0 amide bonds. The zero-order valence-electron chi connectivity index (χ0n) is 11.1. The van der Waals surface area contributed by atoms with Crippen molar-refractivity contribution in [3.05, 3.63) is 44.8 Å². The molecular formula is C15H17NO2S2. The zero-order chi connectivity index (χ0) is 13.9. The van der Waals surface area contributed by atoms with Crippen LogP contribution in [0.25, 0.3) is 0 Å². The number of hydrogen-bond acceptors (Lipinski definition) is 4. The summed E-state index contributed by atoms with van der Waals surface area (Å²) in [5.74, 6) is -0.892. The highest BCUT2D eigenvalue weighted by atomic mass is 32.1. The second-order valence-corrected chi connectivity index (χ2v) is 7.06. The Balaban J connectivity index is 1.88. The van der Waals surface area contributed by atoms with Gasteiger partial charge in [-0.05, 0) is 42.3 Å². The molecule has 1 fully saturated rings. The predicted molar refractivity (Wildman–Crippen MR) is 82.4 cm³/mol. The molecule has 5 heteroatoms. The molecule has 1 atom stereocenters. The van der Waals surface area contributed by atoms with Crippen molar-refractivity contribution in [1.29, 1.82) is 0 Å². The van der Waals surface area contributed by atoms with E-state index in [0.717, 1.165) is 19.4 Å². The van der Waals surface area contributed by atoms with Crippen LogP contribution in [0.3, 0.4) is 0 Å². The highest BCUT2D eigenvalue weighted by molar-refractivity contribution is 7.11. The first-order valence-electron chi connectivity index (χ1n) is 6.79. The fourth-order valence-electron chi connectivity index (χ4n) is 2.84. The quantitative estimate of drug-likeness (QED) is 0.936. The summed E-state index contributed by atoms with van der Waals surface area (Å²) in [5, 5.41) is 13.5. The van der Waals surface area contributed by atoms with Crippen LogP contribution in [0, 0.1) is 5.92 Å². The number of hydrogen-bond donors (Lipinski definition) is 1. The number of carbonyl (C=O) groups is 1. The monoisotopic (exact) mass is 307 g/mol. The standard InChI is InChI=1S/C15H17NO2S2/c17-15(18)11-4-1-7-16(10-11)14(12-5-2-8-19-12)13-6-3-9-20-13/h2-3,5-6,8-9,11,14H,1,4,7,10H2,(H,17,18). The zero-order valence-corrected chi connectivity index (χ0v) is 12.7. The Hall–Kier alpha value is -1.17. The van der Waals surface area contributed by atoms with Crippen molar-refractivity contribution >= 4 is 28.6 Å². The minimum Gasteiger partial charge on any atom is -0.481 e. The summed E-state index contributed by atoms with van der Waals surface area (Å²) >= 11 is 3.50. The van der Waals surface area contributed by atoms with Crippen molar-refractivity contribution in [1.82, 2.24) is 4.90 Å². The molecule has 106 valence electrons. The number of likely N-dealkylation sites (tertiary alicyclic amines) is 1. The summed E-state index contributed by atoms with van der Waals surface area (Å²) in [6, 6.07) is 8.66. The first-order chi connectivity index (χ1) is 9.75. The molecule has 1 saturated heterocycles. The molecule has 2 aromatic rings. The topological polar surface area (TPSA) is 40.5 Å². The van der Waals surface area contributed by atoms with Crippen LogP contribution in [0.15, 0.2) is 35.0 Å². The Bertz CT molecular complexity index is 516. The number of piperidine rings is 1. The fraction of sp³-hybridized carbons (Fsp3) is 0.400. The average Bonchev–Trinajstić information content (AvgIpc) is 3.13. The van der Waals surface area contributed by atoms with Crippen LogP contribution in [-0.2, 0) is 4.79 Å². The van der Waals surface area contributed by atoms with E-state index in [1.165, 1.54) is 9.75 Å². The van der Waals surface area contributed by atoms with E-state index >= 15 is 0 Å². The highest BCUT2D eigenvalue weighted by Crippen LogP contribution is 2.36. The van der Waals surface area contributed by atoms with E-state index in [-0.39, 0.29) is 12.0 Å². The van der Waals surface area contributed by atoms with Crippen LogP contribution >= 0.6 is 22.7 Å². The number of carboxylic acid groups (broad SMARTS) is 1. The molecule has 0 aliphatic carbocycles. The number of rotatable bonds is 4. The Kier molecular flexibility index (Phi) is 4.19. The largest absolute Gasteiger partial charge is 0.481 e. The van der Waals surface area contributed by atoms with Gasteiger partial charge in [0.25, 0.3) is 0 Å². The molecule has 0 aromatic carbocycles. The molecule has 0 spiro atoms. The molecule has 1 aliphatic heterocycles. The van der Waals surface area contributed by atoms with E-state index in [1.54, 1.807) is 22.7 Å². The second-order valence-electron chi connectivity index (χ2n) is 5.11. The molecular weight excluding hydrogens is 290 g/mol. The van der Waals surface area contributed by atoms with Gasteiger partial charge in [-0.25, -0.2) is 0 Å². The molecule has 2 aromatic heterocycles. The van der Waals surface area contributed by atoms with Gasteiger partial charge >= 0.3 is 5.97 Å². The molecule has 1 N–H and O–H groups in total. The molecule has 0 bridgehead atoms. The van der Waals surface area contributed by atoms with Crippen LogP contribution in [0.5, 0.6) is 0 Å². The Morgan fingerprint density at radius 2 is 1.90 bits per heavy atom. The Morgan fingerprint density at radius 1 is 1.25 bits per heavy atom. The van der Waals surface area contributed by atoms with E-state index in [9.17, 15) is 9.90 Å². The lowest BCUT2D eigenvalue weighted by Crippen LogP contribution is -2.40. The smallest absolute Gasteiger partial charge is 0.307 e. The van der Waals surface area contributed by atoms with Crippen molar-refractivity contribution < 1.29 is 9.90 Å². The summed E-state index contributed by atoms with van der Waals surface area (Å²) in [6.07, 6.45) is 1.76. The second kappa shape index (κ2) is 6.08. The minimum atomic E-state index is -0.661. The van der Waals surface area contributed by atoms with Gasteiger partial charge in [-0.15, -0.1) is 22.7 Å². The van der Waals surface area contributed by atoms with Crippen LogP contribution in [-0.4, -0.2) is 29.1 Å². The summed E-state index contributed by atoms with van der Waals surface area (Å²) in [6.45, 7) is 1.63. The van der Waals surface area contributed by atoms with E-state index < -0.39 is 5.97 Å². The van der Waals surface area contributed by atoms with Gasteiger partial charge in [-0.1, -0.05) is 12.1 Å². The number of carboxylic acids is 1. The van der Waals surface area contributed by atoms with Gasteiger partial charge in [0.2, 0.25) is 0 Å². The van der Waals surface area contributed by atoms with Crippen molar-refractivity contribution in [2.45, 2.75) is 18.9 Å². The molecule has 1 unspecified atom stereocenters. The summed E-state index contributed by atoms with van der Waals surface area (Å²) in [4.78, 5) is 16.2. The van der Waals surface area contributed by atoms with Crippen LogP contribution in [0.2, 0.25) is 0 Å². The third kappa shape index (κ3) is 2.80. The van der Waals surface area contributed by atoms with Gasteiger partial charge in [-0.2, -0.15) is 0 Å². The number of nitrogens with zero attached hydrogens (tertiary/aromatic N) is 1. The van der Waals surface area contributed by atoms with E-state index in [0.29, 0.717) is 6.54 Å². The lowest BCUT2D eigenvalue weighted by Gasteiger charge is -2.36. The molecule has 3 rings (SSSR count). The molecule has 20 heavy (non-hydrogen) atoms. The third-order valence-electron chi connectivity index (χ3n) is 3.79. The normalized spacial score (nSPS) is 20.4. The Labute approximate surface area is 126 Å². The fourth-order valence-corrected chi connectivity index (χ4v) is 4.66. The van der Waals surface area contributed by atoms with Crippen molar-refractivity contribution in [2.75, 3.05) is 13.1 Å². The van der Waals surface area contributed by atoms with Gasteiger partial charge in [0.05, 0.1) is 12.0 Å². The highest BCUT2D eigenvalue weighted by Gasteiger charge is 2.31. The van der Waals surface area contributed by atoms with Crippen molar-refractivity contribution in [3.8, 4) is 0 Å². The maximum Gasteiger partial charge on any atom is 0.307 e. The third-order valence-corrected chi connectivity index (χ3v) is 5.64.